The third-order valence-corrected chi connectivity index (χ3v) is 7.79. The van der Waals surface area contributed by atoms with Crippen molar-refractivity contribution in [2.75, 3.05) is 18.0 Å². The number of nitriles is 1. The summed E-state index contributed by atoms with van der Waals surface area (Å²) in [5, 5.41) is 18.3. The first-order valence-electron chi connectivity index (χ1n) is 11.1. The summed E-state index contributed by atoms with van der Waals surface area (Å²) in [4.78, 5) is 12.1. The van der Waals surface area contributed by atoms with Gasteiger partial charge in [0.2, 0.25) is 0 Å². The van der Waals surface area contributed by atoms with Crippen molar-refractivity contribution >= 4 is 34.5 Å². The fourth-order valence-electron chi connectivity index (χ4n) is 5.66. The second-order valence-electron chi connectivity index (χ2n) is 9.52. The molecule has 3 fully saturated rings. The lowest BCUT2D eigenvalue weighted by Crippen LogP contribution is -2.27. The average Bonchev–Trinajstić information content (AvgIpc) is 3.47. The Morgan fingerprint density at radius 1 is 1.10 bits per heavy atom. The van der Waals surface area contributed by atoms with Gasteiger partial charge in [0.15, 0.2) is 0 Å². The Morgan fingerprint density at radius 3 is 2.77 bits per heavy atom. The molecule has 2 saturated carbocycles. The van der Waals surface area contributed by atoms with Crippen molar-refractivity contribution in [2.24, 2.45) is 5.92 Å². The van der Waals surface area contributed by atoms with E-state index in [1.807, 2.05) is 18.3 Å². The molecule has 0 bridgehead atoms. The van der Waals surface area contributed by atoms with Crippen molar-refractivity contribution in [3.63, 3.8) is 0 Å². The van der Waals surface area contributed by atoms with Crippen LogP contribution in [0.1, 0.15) is 19.3 Å². The Balaban J connectivity index is 1.15. The van der Waals surface area contributed by atoms with Crippen molar-refractivity contribution in [3.05, 3.63) is 48.7 Å². The molecular formula is C24H21BN6. The number of nitrogens with zero attached hydrogens (tertiary/aromatic N) is 5. The highest BCUT2D eigenvalue weighted by Crippen LogP contribution is 2.84. The molecule has 7 rings (SSSR count). The summed E-state index contributed by atoms with van der Waals surface area (Å²) in [5.41, 5.74) is 4.84. The smallest absolute Gasteiger partial charge is 0.279 e. The molecule has 4 aromatic rings. The quantitative estimate of drug-likeness (QED) is 0.508. The van der Waals surface area contributed by atoms with E-state index in [9.17, 15) is 5.26 Å². The van der Waals surface area contributed by atoms with E-state index in [1.165, 1.54) is 12.8 Å². The standard InChI is InChI=1S/C24H21BN6/c26-14-25(24-10-17(24)11-24)18-7-8-31(13-18)23-6-5-21-22(29-23)4-3-19(28-21)15-1-2-20-16(9-15)12-27-30-20/h1-6,9,12,17-18H,7-8,10-11,13H2,(H,27,30). The molecule has 6 nitrogen and oxygen atoms in total. The number of H-pyrrole nitrogens is 1. The van der Waals surface area contributed by atoms with Gasteiger partial charge in [-0.2, -0.15) is 5.10 Å². The van der Waals surface area contributed by atoms with E-state index in [0.717, 1.165) is 64.4 Å². The summed E-state index contributed by atoms with van der Waals surface area (Å²) in [5.74, 6) is 5.00. The Kier molecular flexibility index (Phi) is 3.39. The molecule has 2 aliphatic carbocycles. The molecule has 1 aliphatic heterocycles. The van der Waals surface area contributed by atoms with Crippen LogP contribution in [0.2, 0.25) is 11.1 Å². The zero-order valence-corrected chi connectivity index (χ0v) is 17.1. The maximum Gasteiger partial charge on any atom is 0.279 e. The monoisotopic (exact) mass is 404 g/mol. The van der Waals surface area contributed by atoms with Crippen molar-refractivity contribution < 1.29 is 0 Å². The number of benzene rings is 1. The van der Waals surface area contributed by atoms with Crippen molar-refractivity contribution in [1.82, 2.24) is 20.2 Å². The number of fused-ring (bicyclic) bond motifs is 3. The molecule has 3 aliphatic rings. The predicted molar refractivity (Wildman–Crippen MR) is 122 cm³/mol. The topological polar surface area (TPSA) is 81.5 Å². The Bertz CT molecular complexity index is 1380. The van der Waals surface area contributed by atoms with Gasteiger partial charge in [-0.25, -0.2) is 15.2 Å². The fourth-order valence-corrected chi connectivity index (χ4v) is 5.66. The lowest BCUT2D eigenvalue weighted by atomic mass is 9.35. The van der Waals surface area contributed by atoms with Crippen molar-refractivity contribution in [2.45, 2.75) is 30.4 Å². The highest BCUT2D eigenvalue weighted by Gasteiger charge is 2.75. The average molecular weight is 404 g/mol. The Hall–Kier alpha value is -3.40. The van der Waals surface area contributed by atoms with Crippen LogP contribution in [0.5, 0.6) is 0 Å². The molecule has 4 heterocycles. The summed E-state index contributed by atoms with van der Waals surface area (Å²) < 4.78 is 0. The molecule has 1 unspecified atom stereocenters. The van der Waals surface area contributed by atoms with E-state index in [2.05, 4.69) is 51.4 Å². The minimum atomic E-state index is 0.236. The Labute approximate surface area is 180 Å². The summed E-state index contributed by atoms with van der Waals surface area (Å²) in [6, 6.07) is 14.5. The van der Waals surface area contributed by atoms with Crippen LogP contribution in [0.3, 0.4) is 0 Å². The zero-order chi connectivity index (χ0) is 20.6. The molecule has 0 spiro atoms. The van der Waals surface area contributed by atoms with Crippen LogP contribution >= 0.6 is 0 Å². The highest BCUT2D eigenvalue weighted by atomic mass is 15.2. The number of aromatic amines is 1. The second-order valence-corrected chi connectivity index (χ2v) is 9.52. The van der Waals surface area contributed by atoms with Gasteiger partial charge in [-0.15, -0.1) is 0 Å². The first-order valence-corrected chi connectivity index (χ1v) is 11.1. The normalized spacial score (nSPS) is 26.1. The second kappa shape index (κ2) is 6.07. The van der Waals surface area contributed by atoms with Gasteiger partial charge in [0.25, 0.3) is 6.71 Å². The third kappa shape index (κ3) is 2.61. The molecule has 7 heteroatoms. The molecular weight excluding hydrogens is 383 g/mol. The molecule has 3 aromatic heterocycles. The maximum absolute atomic E-state index is 9.76. The molecule has 150 valence electrons. The molecule has 31 heavy (non-hydrogen) atoms. The Morgan fingerprint density at radius 2 is 1.94 bits per heavy atom. The van der Waals surface area contributed by atoms with Crippen LogP contribution < -0.4 is 4.90 Å². The van der Waals surface area contributed by atoms with Crippen LogP contribution in [0.15, 0.2) is 48.7 Å². The number of hydrogen-bond donors (Lipinski definition) is 1. The lowest BCUT2D eigenvalue weighted by molar-refractivity contribution is 0.858. The minimum absolute atomic E-state index is 0.236. The summed E-state index contributed by atoms with van der Waals surface area (Å²) in [6.45, 7) is 2.17. The van der Waals surface area contributed by atoms with E-state index in [0.29, 0.717) is 11.1 Å². The molecule has 0 amide bonds. The lowest BCUT2D eigenvalue weighted by Gasteiger charge is -2.20. The van der Waals surface area contributed by atoms with Crippen LogP contribution in [-0.4, -0.2) is 40.0 Å². The highest BCUT2D eigenvalue weighted by molar-refractivity contribution is 6.73. The first kappa shape index (κ1) is 17.3. The van der Waals surface area contributed by atoms with Crippen LogP contribution in [-0.2, 0) is 0 Å². The van der Waals surface area contributed by atoms with Gasteiger partial charge in [-0.3, -0.25) is 5.10 Å². The molecule has 1 aromatic carbocycles. The van der Waals surface area contributed by atoms with Gasteiger partial charge in [0.1, 0.15) is 5.82 Å². The largest absolute Gasteiger partial charge is 0.357 e. The van der Waals surface area contributed by atoms with E-state index in [4.69, 9.17) is 9.97 Å². The minimum Gasteiger partial charge on any atom is -0.357 e. The van der Waals surface area contributed by atoms with Gasteiger partial charge in [0, 0.05) is 30.0 Å². The number of nitrogens with one attached hydrogen (secondary N) is 1. The first-order chi connectivity index (χ1) is 15.2. The zero-order valence-electron chi connectivity index (χ0n) is 17.1. The van der Waals surface area contributed by atoms with Crippen LogP contribution in [0.4, 0.5) is 5.82 Å². The van der Waals surface area contributed by atoms with E-state index in [1.54, 1.807) is 0 Å². The van der Waals surface area contributed by atoms with Gasteiger partial charge < -0.3 is 4.90 Å². The third-order valence-electron chi connectivity index (χ3n) is 7.79. The molecule has 1 atom stereocenters. The van der Waals surface area contributed by atoms with Gasteiger partial charge in [0.05, 0.1) is 28.4 Å². The fraction of sp³-hybridized carbons (Fsp3) is 0.333. The molecule has 1 N–H and O–H groups in total. The van der Waals surface area contributed by atoms with Crippen LogP contribution in [0.25, 0.3) is 33.2 Å². The van der Waals surface area contributed by atoms with Crippen molar-refractivity contribution in [1.29, 1.82) is 5.26 Å². The van der Waals surface area contributed by atoms with Gasteiger partial charge >= 0.3 is 0 Å². The van der Waals surface area contributed by atoms with E-state index >= 15 is 0 Å². The van der Waals surface area contributed by atoms with Crippen LogP contribution in [0, 0.1) is 17.1 Å². The predicted octanol–water partition coefficient (Wildman–Crippen LogP) is 4.47. The SMILES string of the molecule is N#CB(C1CCN(c2ccc3nc(-c4ccc5[nH]ncc5c4)ccc3n2)C1)C12CC1C2. The maximum atomic E-state index is 9.76. The number of hydrogen-bond acceptors (Lipinski definition) is 5. The van der Waals surface area contributed by atoms with Crippen molar-refractivity contribution in [3.8, 4) is 17.2 Å². The summed E-state index contributed by atoms with van der Waals surface area (Å²) >= 11 is 0. The van der Waals surface area contributed by atoms with Gasteiger partial charge in [-0.05, 0) is 59.9 Å². The number of rotatable bonds is 4. The van der Waals surface area contributed by atoms with E-state index in [-0.39, 0.29) is 6.71 Å². The number of aromatic nitrogens is 4. The van der Waals surface area contributed by atoms with E-state index < -0.39 is 0 Å². The summed E-state index contributed by atoms with van der Waals surface area (Å²) in [6.07, 6.45) is 5.51. The van der Waals surface area contributed by atoms with Gasteiger partial charge in [-0.1, -0.05) is 18.9 Å². The molecule has 1 saturated heterocycles. The number of anilines is 1. The number of pyridine rings is 2. The molecule has 0 radical (unpaired) electrons. The summed E-state index contributed by atoms with van der Waals surface area (Å²) in [7, 11) is 0.